The maximum absolute atomic E-state index is 11.4. The molecule has 2 bridgehead atoms. The van der Waals surface area contributed by atoms with Gasteiger partial charge in [-0.15, -0.1) is 0 Å². The average molecular weight is 629 g/mol. The van der Waals surface area contributed by atoms with Crippen LogP contribution in [0.2, 0.25) is 5.02 Å². The molecule has 2 aliphatic heterocycles. The van der Waals surface area contributed by atoms with E-state index in [-0.39, 0.29) is 17.9 Å². The first-order valence-corrected chi connectivity index (χ1v) is 17.2. The summed E-state index contributed by atoms with van der Waals surface area (Å²) in [6, 6.07) is 31.8. The summed E-state index contributed by atoms with van der Waals surface area (Å²) in [5.74, 6) is 1.67. The van der Waals surface area contributed by atoms with E-state index in [1.807, 2.05) is 12.1 Å². The van der Waals surface area contributed by atoms with Gasteiger partial charge in [-0.25, -0.2) is 0 Å². The Hall–Kier alpha value is -3.77. The first-order chi connectivity index (χ1) is 22.6. The molecule has 0 unspecified atom stereocenters. The van der Waals surface area contributed by atoms with Crippen LogP contribution >= 0.6 is 11.6 Å². The van der Waals surface area contributed by atoms with E-state index < -0.39 is 11.0 Å². The van der Waals surface area contributed by atoms with Crippen LogP contribution in [0.1, 0.15) is 58.9 Å². The summed E-state index contributed by atoms with van der Waals surface area (Å²) < 4.78 is 17.2. The Morgan fingerprint density at radius 2 is 1.72 bits per heavy atom. The van der Waals surface area contributed by atoms with Gasteiger partial charge < -0.3 is 19.1 Å². The van der Waals surface area contributed by atoms with Crippen molar-refractivity contribution in [1.29, 1.82) is 0 Å². The van der Waals surface area contributed by atoms with Gasteiger partial charge in [-0.1, -0.05) is 78.3 Å². The molecular weight excluding hydrogens is 592 g/mol. The molecule has 4 aromatic carbocycles. The summed E-state index contributed by atoms with van der Waals surface area (Å²) in [5, 5.41) is 13.3. The molecule has 10 rings (SSSR count). The van der Waals surface area contributed by atoms with Gasteiger partial charge in [0, 0.05) is 47.0 Å². The van der Waals surface area contributed by atoms with E-state index in [2.05, 4.69) is 88.3 Å². The second-order valence-corrected chi connectivity index (χ2v) is 14.7. The molecular formula is C40H37ClN2O3. The number of piperidine rings is 1. The minimum atomic E-state index is -0.548. The zero-order valence-corrected chi connectivity index (χ0v) is 26.5. The molecule has 2 fully saturated rings. The van der Waals surface area contributed by atoms with E-state index in [1.165, 1.54) is 57.3 Å². The number of ether oxygens (including phenoxy) is 2. The monoisotopic (exact) mass is 628 g/mol. The molecule has 1 spiro atoms. The highest BCUT2D eigenvalue weighted by Crippen LogP contribution is 2.70. The molecule has 4 atom stereocenters. The second kappa shape index (κ2) is 9.87. The quantitative estimate of drug-likeness (QED) is 0.199. The lowest BCUT2D eigenvalue weighted by atomic mass is 9.48. The van der Waals surface area contributed by atoms with Crippen molar-refractivity contribution in [3.8, 4) is 11.5 Å². The molecule has 1 aromatic heterocycles. The summed E-state index contributed by atoms with van der Waals surface area (Å²) in [6.45, 7) is 3.39. The lowest BCUT2D eigenvalue weighted by Crippen LogP contribution is -2.75. The smallest absolute Gasteiger partial charge is 0.166 e. The summed E-state index contributed by atoms with van der Waals surface area (Å²) in [6.07, 6.45) is 4.93. The van der Waals surface area contributed by atoms with Gasteiger partial charge in [0.15, 0.2) is 17.6 Å². The highest BCUT2D eigenvalue weighted by molar-refractivity contribution is 6.31. The van der Waals surface area contributed by atoms with E-state index in [1.54, 1.807) is 0 Å². The number of phenolic OH excluding ortho intramolecular Hbond substituents is 1. The van der Waals surface area contributed by atoms with Crippen LogP contribution in [0, 0.1) is 5.92 Å². The molecule has 1 saturated carbocycles. The highest BCUT2D eigenvalue weighted by Gasteiger charge is 2.74. The molecule has 5 aromatic rings. The van der Waals surface area contributed by atoms with Crippen molar-refractivity contribution in [2.45, 2.75) is 68.4 Å². The summed E-state index contributed by atoms with van der Waals surface area (Å²) in [4.78, 5) is 2.76. The van der Waals surface area contributed by atoms with E-state index in [4.69, 9.17) is 21.1 Å². The summed E-state index contributed by atoms with van der Waals surface area (Å²) in [5.41, 5.74) is 7.57. The Balaban J connectivity index is 1.25. The Morgan fingerprint density at radius 3 is 2.50 bits per heavy atom. The van der Waals surface area contributed by atoms with Crippen LogP contribution in [0.4, 0.5) is 0 Å². The number of aromatic nitrogens is 1. The minimum Gasteiger partial charge on any atom is -0.504 e. The molecule has 5 nitrogen and oxygen atoms in total. The van der Waals surface area contributed by atoms with Crippen LogP contribution in [0.25, 0.3) is 10.9 Å². The van der Waals surface area contributed by atoms with Gasteiger partial charge in [0.2, 0.25) is 0 Å². The summed E-state index contributed by atoms with van der Waals surface area (Å²) in [7, 11) is 0. The van der Waals surface area contributed by atoms with Gasteiger partial charge >= 0.3 is 0 Å². The average Bonchev–Trinajstić information content (AvgIpc) is 3.76. The van der Waals surface area contributed by atoms with Crippen LogP contribution in [-0.4, -0.2) is 39.3 Å². The number of nitrogens with zero attached hydrogens (tertiary/aromatic N) is 2. The van der Waals surface area contributed by atoms with Gasteiger partial charge in [0.1, 0.15) is 5.60 Å². The lowest BCUT2D eigenvalue weighted by Gasteiger charge is -2.64. The first-order valence-electron chi connectivity index (χ1n) is 16.8. The minimum absolute atomic E-state index is 0.194. The van der Waals surface area contributed by atoms with E-state index >= 15 is 0 Å². The largest absolute Gasteiger partial charge is 0.504 e. The molecule has 0 radical (unpaired) electrons. The number of rotatable bonds is 7. The van der Waals surface area contributed by atoms with Crippen molar-refractivity contribution >= 4 is 22.5 Å². The molecule has 5 aliphatic rings. The molecule has 0 amide bonds. The Kier molecular flexibility index (Phi) is 5.87. The van der Waals surface area contributed by atoms with Crippen LogP contribution in [0.5, 0.6) is 11.5 Å². The van der Waals surface area contributed by atoms with Crippen LogP contribution in [0.15, 0.2) is 91.0 Å². The van der Waals surface area contributed by atoms with Crippen molar-refractivity contribution in [3.63, 3.8) is 0 Å². The van der Waals surface area contributed by atoms with E-state index in [9.17, 15) is 5.11 Å². The third-order valence-corrected chi connectivity index (χ3v) is 12.1. The Labute approximate surface area is 274 Å². The Morgan fingerprint density at radius 1 is 0.935 bits per heavy atom. The fourth-order valence-electron chi connectivity index (χ4n) is 9.79. The fourth-order valence-corrected chi connectivity index (χ4v) is 9.96. The SMILES string of the molecule is Oc1ccc2c3c1O[C@H]1c4c(c5cc(Cl)ccc5n4Cc4ccccc4)C[C@@]4(OCc5ccccc5)[C@@H](C2)N(CC2CC2)CC[C@]314. The number of halogens is 1. The number of fused-ring (bicyclic) bond motifs is 4. The number of aromatic hydroxyl groups is 1. The lowest BCUT2D eigenvalue weighted by molar-refractivity contribution is -0.211. The molecule has 3 aliphatic carbocycles. The fraction of sp³-hybridized carbons (Fsp3) is 0.350. The van der Waals surface area contributed by atoms with Gasteiger partial charge in [0.05, 0.1) is 17.7 Å². The van der Waals surface area contributed by atoms with Gasteiger partial charge in [-0.2, -0.15) is 0 Å². The molecule has 46 heavy (non-hydrogen) atoms. The number of benzene rings is 4. The predicted molar refractivity (Wildman–Crippen MR) is 180 cm³/mol. The van der Waals surface area contributed by atoms with E-state index in [0.717, 1.165) is 49.8 Å². The van der Waals surface area contributed by atoms with Crippen molar-refractivity contribution in [2.75, 3.05) is 13.1 Å². The third kappa shape index (κ3) is 3.71. The highest BCUT2D eigenvalue weighted by atomic mass is 35.5. The van der Waals surface area contributed by atoms with Crippen LogP contribution in [0.3, 0.4) is 0 Å². The van der Waals surface area contributed by atoms with E-state index in [0.29, 0.717) is 12.4 Å². The van der Waals surface area contributed by atoms with Crippen LogP contribution < -0.4 is 4.74 Å². The first kappa shape index (κ1) is 27.4. The third-order valence-electron chi connectivity index (χ3n) is 11.9. The number of phenols is 1. The van der Waals surface area contributed by atoms with Crippen molar-refractivity contribution < 1.29 is 14.6 Å². The van der Waals surface area contributed by atoms with Gasteiger partial charge in [0.25, 0.3) is 0 Å². The summed E-state index contributed by atoms with van der Waals surface area (Å²) >= 11 is 6.76. The maximum Gasteiger partial charge on any atom is 0.166 e. The van der Waals surface area contributed by atoms with Crippen molar-refractivity contribution in [3.05, 3.63) is 130 Å². The van der Waals surface area contributed by atoms with Gasteiger partial charge in [-0.3, -0.25) is 4.90 Å². The zero-order valence-electron chi connectivity index (χ0n) is 25.8. The van der Waals surface area contributed by atoms with Gasteiger partial charge in [-0.05, 0) is 84.7 Å². The number of likely N-dealkylation sites (tertiary alicyclic amines) is 1. The normalized spacial score (nSPS) is 27.3. The zero-order chi connectivity index (χ0) is 30.6. The molecule has 3 heterocycles. The maximum atomic E-state index is 11.4. The molecule has 1 saturated heterocycles. The standard InChI is InChI=1S/C40H37ClN2O3/c41-29-14-15-32-30(20-29)31-21-40(45-24-27-9-5-2-6-10-27)34-19-28-13-16-33(44)37-35(28)39(40,17-18-42(34)22-26-11-12-26)38(46-37)36(31)43(32)23-25-7-3-1-4-8-25/h1-10,13-16,20,26,34,38,44H,11-12,17-19,21-24H2/t34-,38+,39+,40-/m1/s1. The van der Waals surface area contributed by atoms with Crippen molar-refractivity contribution in [2.24, 2.45) is 5.92 Å². The predicted octanol–water partition coefficient (Wildman–Crippen LogP) is 7.97. The number of hydrogen-bond donors (Lipinski definition) is 1. The Bertz CT molecular complexity index is 2000. The molecule has 232 valence electrons. The molecule has 1 N–H and O–H groups in total. The second-order valence-electron chi connectivity index (χ2n) is 14.3. The topological polar surface area (TPSA) is 46.9 Å². The van der Waals surface area contributed by atoms with Crippen molar-refractivity contribution in [1.82, 2.24) is 9.47 Å². The number of hydrogen-bond acceptors (Lipinski definition) is 4. The van der Waals surface area contributed by atoms with Crippen LogP contribution in [-0.2, 0) is 36.1 Å². The molecule has 6 heteroatoms.